The molecule has 0 radical (unpaired) electrons. The second-order valence-electron chi connectivity index (χ2n) is 4.50. The van der Waals surface area contributed by atoms with Crippen LogP contribution in [0.25, 0.3) is 0 Å². The van der Waals surface area contributed by atoms with Gasteiger partial charge in [-0.25, -0.2) is 0 Å². The molecule has 0 bridgehead atoms. The first-order chi connectivity index (χ1) is 8.69. The van der Waals surface area contributed by atoms with Crippen LogP contribution in [-0.2, 0) is 0 Å². The second-order valence-corrected chi connectivity index (χ2v) is 4.50. The number of benzene rings is 2. The molecule has 0 fully saturated rings. The van der Waals surface area contributed by atoms with E-state index in [1.807, 2.05) is 36.4 Å². The van der Waals surface area contributed by atoms with E-state index in [-0.39, 0.29) is 0 Å². The highest BCUT2D eigenvalue weighted by Crippen LogP contribution is 2.25. The van der Waals surface area contributed by atoms with Crippen molar-refractivity contribution < 1.29 is 4.74 Å². The Bertz CT molecular complexity index is 559. The van der Waals surface area contributed by atoms with E-state index in [4.69, 9.17) is 11.2 Å². The molecule has 0 aliphatic rings. The molecule has 90 valence electrons. The van der Waals surface area contributed by atoms with Crippen LogP contribution in [0.3, 0.4) is 0 Å². The number of hydrogen-bond acceptors (Lipinski definition) is 1. The Balaban J connectivity index is 2.18. The predicted octanol–water partition coefficient (Wildman–Crippen LogP) is 4.58. The van der Waals surface area contributed by atoms with Crippen molar-refractivity contribution in [2.24, 2.45) is 0 Å². The third-order valence-electron chi connectivity index (χ3n) is 2.78. The molecular weight excluding hydrogens is 220 g/mol. The van der Waals surface area contributed by atoms with Crippen molar-refractivity contribution >= 4 is 0 Å². The quantitative estimate of drug-likeness (QED) is 0.708. The molecule has 0 aliphatic heterocycles. The average Bonchev–Trinajstić information content (AvgIpc) is 2.40. The molecule has 0 amide bonds. The molecule has 1 nitrogen and oxygen atoms in total. The summed E-state index contributed by atoms with van der Waals surface area (Å²) >= 11 is 0. The minimum Gasteiger partial charge on any atom is -0.457 e. The minimum absolute atomic E-state index is 0.498. The van der Waals surface area contributed by atoms with Crippen LogP contribution in [0, 0.1) is 12.3 Å². The van der Waals surface area contributed by atoms with Crippen LogP contribution in [-0.4, -0.2) is 0 Å². The number of ether oxygens (including phenoxy) is 1. The number of rotatable bonds is 3. The minimum atomic E-state index is 0.498. The van der Waals surface area contributed by atoms with Gasteiger partial charge in [0, 0.05) is 5.56 Å². The topological polar surface area (TPSA) is 9.23 Å². The van der Waals surface area contributed by atoms with Crippen LogP contribution in [0.1, 0.15) is 30.9 Å². The van der Waals surface area contributed by atoms with Crippen LogP contribution in [0.5, 0.6) is 11.5 Å². The molecule has 0 saturated heterocycles. The smallest absolute Gasteiger partial charge is 0.127 e. The van der Waals surface area contributed by atoms with E-state index in [1.165, 1.54) is 5.56 Å². The van der Waals surface area contributed by atoms with E-state index in [0.717, 1.165) is 17.1 Å². The zero-order valence-corrected chi connectivity index (χ0v) is 10.7. The number of terminal acetylenes is 1. The molecule has 2 aromatic carbocycles. The molecule has 2 aromatic rings. The summed E-state index contributed by atoms with van der Waals surface area (Å²) in [5, 5.41) is 0. The van der Waals surface area contributed by atoms with Crippen LogP contribution in [0.4, 0.5) is 0 Å². The van der Waals surface area contributed by atoms with Crippen molar-refractivity contribution in [1.29, 1.82) is 0 Å². The van der Waals surface area contributed by atoms with Crippen molar-refractivity contribution in [3.8, 4) is 23.8 Å². The maximum absolute atomic E-state index is 5.80. The first-order valence-electron chi connectivity index (χ1n) is 6.03. The zero-order valence-electron chi connectivity index (χ0n) is 10.7. The largest absolute Gasteiger partial charge is 0.457 e. The summed E-state index contributed by atoms with van der Waals surface area (Å²) < 4.78 is 5.80. The Morgan fingerprint density at radius 2 is 1.72 bits per heavy atom. The van der Waals surface area contributed by atoms with E-state index < -0.39 is 0 Å². The Kier molecular flexibility index (Phi) is 3.69. The first-order valence-corrected chi connectivity index (χ1v) is 6.03. The highest BCUT2D eigenvalue weighted by molar-refractivity contribution is 5.39. The molecule has 0 atom stereocenters. The molecule has 0 aromatic heterocycles. The normalized spacial score (nSPS) is 10.1. The Morgan fingerprint density at radius 1 is 1.00 bits per heavy atom. The molecule has 0 heterocycles. The summed E-state index contributed by atoms with van der Waals surface area (Å²) in [6, 6.07) is 15.7. The molecule has 0 aliphatic carbocycles. The monoisotopic (exact) mass is 236 g/mol. The fourth-order valence-electron chi connectivity index (χ4n) is 1.69. The molecule has 1 heteroatoms. The summed E-state index contributed by atoms with van der Waals surface area (Å²) in [7, 11) is 0. The van der Waals surface area contributed by atoms with Gasteiger partial charge in [0.1, 0.15) is 11.5 Å². The van der Waals surface area contributed by atoms with Crippen molar-refractivity contribution in [1.82, 2.24) is 0 Å². The van der Waals surface area contributed by atoms with E-state index in [1.54, 1.807) is 0 Å². The van der Waals surface area contributed by atoms with Gasteiger partial charge in [-0.1, -0.05) is 31.9 Å². The third-order valence-corrected chi connectivity index (χ3v) is 2.78. The van der Waals surface area contributed by atoms with Crippen molar-refractivity contribution in [3.63, 3.8) is 0 Å². The molecule has 18 heavy (non-hydrogen) atoms. The lowest BCUT2D eigenvalue weighted by atomic mass is 10.0. The Hall–Kier alpha value is -2.20. The van der Waals surface area contributed by atoms with Crippen LogP contribution in [0.2, 0.25) is 0 Å². The van der Waals surface area contributed by atoms with Crippen LogP contribution >= 0.6 is 0 Å². The van der Waals surface area contributed by atoms with E-state index in [0.29, 0.717) is 5.92 Å². The molecule has 0 N–H and O–H groups in total. The molecule has 0 spiro atoms. The number of hydrogen-bond donors (Lipinski definition) is 0. The summed E-state index contributed by atoms with van der Waals surface area (Å²) in [5.74, 6) is 4.74. The highest BCUT2D eigenvalue weighted by atomic mass is 16.5. The van der Waals surface area contributed by atoms with Crippen molar-refractivity contribution in [2.75, 3.05) is 0 Å². The fourth-order valence-corrected chi connectivity index (χ4v) is 1.69. The average molecular weight is 236 g/mol. The summed E-state index contributed by atoms with van der Waals surface area (Å²) in [6.07, 6.45) is 5.31. The summed E-state index contributed by atoms with van der Waals surface area (Å²) in [4.78, 5) is 0. The van der Waals surface area contributed by atoms with Crippen molar-refractivity contribution in [2.45, 2.75) is 19.8 Å². The predicted molar refractivity (Wildman–Crippen MR) is 75.0 cm³/mol. The molecule has 0 unspecified atom stereocenters. The van der Waals surface area contributed by atoms with Gasteiger partial charge in [0.15, 0.2) is 0 Å². The van der Waals surface area contributed by atoms with Gasteiger partial charge in [0.05, 0.1) is 0 Å². The van der Waals surface area contributed by atoms with Gasteiger partial charge in [0.2, 0.25) is 0 Å². The Labute approximate surface area is 108 Å². The Morgan fingerprint density at radius 3 is 2.33 bits per heavy atom. The van der Waals surface area contributed by atoms with Gasteiger partial charge in [-0.3, -0.25) is 0 Å². The van der Waals surface area contributed by atoms with Gasteiger partial charge >= 0.3 is 0 Å². The third kappa shape index (κ3) is 2.93. The fraction of sp³-hybridized carbons (Fsp3) is 0.176. The highest BCUT2D eigenvalue weighted by Gasteiger charge is 2.02. The van der Waals surface area contributed by atoms with Gasteiger partial charge in [0.25, 0.3) is 0 Å². The van der Waals surface area contributed by atoms with Gasteiger partial charge in [-0.2, -0.15) is 0 Å². The lowest BCUT2D eigenvalue weighted by Gasteiger charge is -2.09. The standard InChI is InChI=1S/C17H16O/c1-4-14-8-10-16(11-9-14)18-17-7-5-6-15(12-17)13(2)3/h1,5-13H,2-3H3. The molecular formula is C17H16O. The maximum Gasteiger partial charge on any atom is 0.127 e. The SMILES string of the molecule is C#Cc1ccc(Oc2cccc(C(C)C)c2)cc1. The van der Waals surface area contributed by atoms with Crippen LogP contribution in [0.15, 0.2) is 48.5 Å². The summed E-state index contributed by atoms with van der Waals surface area (Å²) in [6.45, 7) is 4.33. The molecule has 0 saturated carbocycles. The van der Waals surface area contributed by atoms with Gasteiger partial charge < -0.3 is 4.74 Å². The zero-order chi connectivity index (χ0) is 13.0. The lowest BCUT2D eigenvalue weighted by molar-refractivity contribution is 0.481. The van der Waals surface area contributed by atoms with Crippen LogP contribution < -0.4 is 4.74 Å². The van der Waals surface area contributed by atoms with Gasteiger partial charge in [-0.05, 0) is 47.9 Å². The van der Waals surface area contributed by atoms with E-state index >= 15 is 0 Å². The van der Waals surface area contributed by atoms with Gasteiger partial charge in [-0.15, -0.1) is 6.42 Å². The van der Waals surface area contributed by atoms with E-state index in [9.17, 15) is 0 Å². The molecule has 2 rings (SSSR count). The maximum atomic E-state index is 5.80. The first kappa shape index (κ1) is 12.3. The summed E-state index contributed by atoms with van der Waals surface area (Å²) in [5.41, 5.74) is 2.13. The lowest BCUT2D eigenvalue weighted by Crippen LogP contribution is -1.89. The second kappa shape index (κ2) is 5.42. The van der Waals surface area contributed by atoms with E-state index in [2.05, 4.69) is 31.9 Å². The van der Waals surface area contributed by atoms with Crippen molar-refractivity contribution in [3.05, 3.63) is 59.7 Å².